The molecule has 0 saturated heterocycles. The van der Waals surface area contributed by atoms with Crippen LogP contribution in [0.4, 0.5) is 0 Å². The van der Waals surface area contributed by atoms with E-state index in [1.54, 1.807) is 0 Å². The van der Waals surface area contributed by atoms with Gasteiger partial charge in [-0.05, 0) is 122 Å². The summed E-state index contributed by atoms with van der Waals surface area (Å²) in [6, 6.07) is 62.7. The van der Waals surface area contributed by atoms with Gasteiger partial charge in [0.05, 0.1) is 0 Å². The van der Waals surface area contributed by atoms with Gasteiger partial charge in [-0.2, -0.15) is 0 Å². The third-order valence-electron chi connectivity index (χ3n) is 11.3. The molecule has 0 radical (unpaired) electrons. The lowest BCUT2D eigenvalue weighted by Crippen LogP contribution is -1.89. The molecule has 51 heavy (non-hydrogen) atoms. The van der Waals surface area contributed by atoms with Gasteiger partial charge in [-0.3, -0.25) is 0 Å². The van der Waals surface area contributed by atoms with Crippen LogP contribution in [0, 0.1) is 0 Å². The maximum Gasteiger partial charge on any atom is 0.136 e. The summed E-state index contributed by atoms with van der Waals surface area (Å²) in [5, 5.41) is 20.0. The fraction of sp³-hybridized carbons (Fsp3) is 0. The zero-order valence-electron chi connectivity index (χ0n) is 27.6. The molecule has 0 amide bonds. The average Bonchev–Trinajstić information content (AvgIpc) is 3.55. The molecule has 0 aliphatic heterocycles. The van der Waals surface area contributed by atoms with Gasteiger partial charge in [0.15, 0.2) is 0 Å². The highest BCUT2D eigenvalue weighted by molar-refractivity contribution is 6.27. The van der Waals surface area contributed by atoms with E-state index in [9.17, 15) is 0 Å². The van der Waals surface area contributed by atoms with Crippen molar-refractivity contribution < 1.29 is 4.42 Å². The SMILES string of the molecule is c1ccc2cc3c(cc2c1)oc1cc(-c2ccc4ccc5cccc6ccc2c4c56)cc(-c2cccc4c2ccc2ccc5ccccc5c24)c13. The highest BCUT2D eigenvalue weighted by Crippen LogP contribution is 2.46. The Balaban J connectivity index is 1.22. The molecule has 1 heterocycles. The average molecular weight is 645 g/mol. The molecule has 12 rings (SSSR count). The maximum atomic E-state index is 6.85. The van der Waals surface area contributed by atoms with Gasteiger partial charge in [0.2, 0.25) is 0 Å². The minimum absolute atomic E-state index is 0.904. The van der Waals surface area contributed by atoms with Crippen molar-refractivity contribution in [2.75, 3.05) is 0 Å². The Bertz CT molecular complexity index is 3400. The molecule has 0 N–H and O–H groups in total. The van der Waals surface area contributed by atoms with Gasteiger partial charge < -0.3 is 4.42 Å². The summed E-state index contributed by atoms with van der Waals surface area (Å²) in [7, 11) is 0. The largest absolute Gasteiger partial charge is 0.456 e. The zero-order valence-corrected chi connectivity index (χ0v) is 27.6. The van der Waals surface area contributed by atoms with Crippen LogP contribution in [0.25, 0.3) is 120 Å². The number of furan rings is 1. The third kappa shape index (κ3) is 3.75. The van der Waals surface area contributed by atoms with Gasteiger partial charge in [0.1, 0.15) is 11.2 Å². The van der Waals surface area contributed by atoms with E-state index < -0.39 is 0 Å². The van der Waals surface area contributed by atoms with Gasteiger partial charge in [-0.25, -0.2) is 0 Å². The minimum Gasteiger partial charge on any atom is -0.456 e. The van der Waals surface area contributed by atoms with Crippen molar-refractivity contribution in [2.45, 2.75) is 0 Å². The van der Waals surface area contributed by atoms with Crippen molar-refractivity contribution in [1.82, 2.24) is 0 Å². The second-order valence-corrected chi connectivity index (χ2v) is 14.0. The fourth-order valence-electron chi connectivity index (χ4n) is 9.05. The molecule has 0 unspecified atom stereocenters. The molecule has 1 nitrogen and oxygen atoms in total. The molecule has 12 aromatic rings. The molecule has 11 aromatic carbocycles. The monoisotopic (exact) mass is 644 g/mol. The third-order valence-corrected chi connectivity index (χ3v) is 11.3. The highest BCUT2D eigenvalue weighted by Gasteiger charge is 2.20. The van der Waals surface area contributed by atoms with Crippen LogP contribution in [0.5, 0.6) is 0 Å². The number of hydrogen-bond acceptors (Lipinski definition) is 1. The van der Waals surface area contributed by atoms with Crippen LogP contribution < -0.4 is 0 Å². The molecule has 1 heteroatoms. The summed E-state index contributed by atoms with van der Waals surface area (Å²) >= 11 is 0. The summed E-state index contributed by atoms with van der Waals surface area (Å²) in [5.41, 5.74) is 6.58. The van der Waals surface area contributed by atoms with E-state index in [4.69, 9.17) is 4.42 Å². The van der Waals surface area contributed by atoms with Crippen LogP contribution >= 0.6 is 0 Å². The second-order valence-electron chi connectivity index (χ2n) is 14.0. The van der Waals surface area contributed by atoms with Crippen molar-refractivity contribution >= 4 is 97.3 Å². The lowest BCUT2D eigenvalue weighted by molar-refractivity contribution is 0.669. The molecule has 1 aromatic heterocycles. The molecule has 0 saturated carbocycles. The van der Waals surface area contributed by atoms with E-state index in [-0.39, 0.29) is 0 Å². The predicted molar refractivity (Wildman–Crippen MR) is 218 cm³/mol. The number of benzene rings is 11. The molecule has 0 atom stereocenters. The van der Waals surface area contributed by atoms with Crippen molar-refractivity contribution in [3.8, 4) is 22.3 Å². The maximum absolute atomic E-state index is 6.85. The predicted octanol–water partition coefficient (Wildman–Crippen LogP) is 14.4. The minimum atomic E-state index is 0.904. The van der Waals surface area contributed by atoms with Crippen LogP contribution in [0.3, 0.4) is 0 Å². The molecule has 0 bridgehead atoms. The summed E-state index contributed by atoms with van der Waals surface area (Å²) in [6.07, 6.45) is 0. The summed E-state index contributed by atoms with van der Waals surface area (Å²) in [5.74, 6) is 0. The zero-order chi connectivity index (χ0) is 33.2. The summed E-state index contributed by atoms with van der Waals surface area (Å²) in [6.45, 7) is 0. The highest BCUT2D eigenvalue weighted by atomic mass is 16.3. The topological polar surface area (TPSA) is 13.1 Å². The Labute approximate surface area is 292 Å². The van der Waals surface area contributed by atoms with Gasteiger partial charge >= 0.3 is 0 Å². The number of fused-ring (bicyclic) bond motifs is 9. The van der Waals surface area contributed by atoms with Crippen LogP contribution in [-0.4, -0.2) is 0 Å². The van der Waals surface area contributed by atoms with Gasteiger partial charge in [-0.1, -0.05) is 146 Å². The molecule has 0 spiro atoms. The summed E-state index contributed by atoms with van der Waals surface area (Å²) < 4.78 is 6.85. The summed E-state index contributed by atoms with van der Waals surface area (Å²) in [4.78, 5) is 0. The molecule has 234 valence electrons. The molecule has 0 aliphatic carbocycles. The Morgan fingerprint density at radius 1 is 0.255 bits per heavy atom. The van der Waals surface area contributed by atoms with Crippen molar-refractivity contribution in [3.63, 3.8) is 0 Å². The Kier molecular flexibility index (Phi) is 5.29. The van der Waals surface area contributed by atoms with Gasteiger partial charge in [0.25, 0.3) is 0 Å². The fourth-order valence-corrected chi connectivity index (χ4v) is 9.05. The van der Waals surface area contributed by atoms with E-state index in [0.717, 1.165) is 27.5 Å². The normalized spacial score (nSPS) is 12.3. The van der Waals surface area contributed by atoms with E-state index in [2.05, 4.69) is 170 Å². The number of hydrogen-bond donors (Lipinski definition) is 0. The van der Waals surface area contributed by atoms with Crippen molar-refractivity contribution in [1.29, 1.82) is 0 Å². The Hall–Kier alpha value is -6.70. The van der Waals surface area contributed by atoms with E-state index in [1.807, 2.05) is 0 Å². The van der Waals surface area contributed by atoms with E-state index in [0.29, 0.717) is 0 Å². The smallest absolute Gasteiger partial charge is 0.136 e. The van der Waals surface area contributed by atoms with Crippen LogP contribution in [0.2, 0.25) is 0 Å². The van der Waals surface area contributed by atoms with Crippen LogP contribution in [0.1, 0.15) is 0 Å². The van der Waals surface area contributed by atoms with Crippen molar-refractivity contribution in [2.24, 2.45) is 0 Å². The Morgan fingerprint density at radius 2 is 0.863 bits per heavy atom. The lowest BCUT2D eigenvalue weighted by Gasteiger charge is -2.16. The first-order chi connectivity index (χ1) is 25.3. The van der Waals surface area contributed by atoms with Crippen LogP contribution in [-0.2, 0) is 0 Å². The second kappa shape index (κ2) is 9.94. The first kappa shape index (κ1) is 27.2. The van der Waals surface area contributed by atoms with Gasteiger partial charge in [0, 0.05) is 10.8 Å². The lowest BCUT2D eigenvalue weighted by atomic mass is 9.87. The number of rotatable bonds is 2. The molecular weight excluding hydrogens is 617 g/mol. The first-order valence-corrected chi connectivity index (χ1v) is 17.7. The molecule has 0 aliphatic rings. The van der Waals surface area contributed by atoms with E-state index in [1.165, 1.54) is 92.1 Å². The molecule has 0 fully saturated rings. The quantitative estimate of drug-likeness (QED) is 0.171. The van der Waals surface area contributed by atoms with E-state index >= 15 is 0 Å². The first-order valence-electron chi connectivity index (χ1n) is 17.7. The van der Waals surface area contributed by atoms with Crippen molar-refractivity contribution in [3.05, 3.63) is 170 Å². The van der Waals surface area contributed by atoms with Gasteiger partial charge in [-0.15, -0.1) is 0 Å². The standard InChI is InChI=1S/C50H28O/c1-2-9-35-27-45-44(25-34(35)8-1)50-43(39-13-6-14-41-40(39)23-20-32-16-15-29-7-3-4-12-38(29)48(32)41)26-36(28-46(50)51-45)37-22-19-33-18-17-30-10-5-11-31-21-24-42(37)49(33)47(30)31/h1-28H. The molecular formula is C50H28O. The van der Waals surface area contributed by atoms with Crippen LogP contribution in [0.15, 0.2) is 174 Å². The Morgan fingerprint density at radius 3 is 1.71 bits per heavy atom.